The summed E-state index contributed by atoms with van der Waals surface area (Å²) >= 11 is 1.90. The molecule has 6 rings (SSSR count). The molecule has 1 aliphatic carbocycles. The van der Waals surface area contributed by atoms with E-state index in [0.29, 0.717) is 23.7 Å². The Kier molecular flexibility index (Phi) is 6.62. The van der Waals surface area contributed by atoms with Crippen LogP contribution in [0.2, 0.25) is 0 Å². The maximum Gasteiger partial charge on any atom is 0.323 e. The van der Waals surface area contributed by atoms with Gasteiger partial charge in [0.15, 0.2) is 0 Å². The Morgan fingerprint density at radius 1 is 1.03 bits per heavy atom. The van der Waals surface area contributed by atoms with Crippen LogP contribution in [0.4, 0.5) is 10.5 Å². The van der Waals surface area contributed by atoms with Crippen molar-refractivity contribution in [2.45, 2.75) is 51.6 Å². The summed E-state index contributed by atoms with van der Waals surface area (Å²) in [6.45, 7) is 2.70. The predicted molar refractivity (Wildman–Crippen MR) is 152 cm³/mol. The molecule has 38 heavy (non-hydrogen) atoms. The first-order valence-corrected chi connectivity index (χ1v) is 14.1. The molecule has 0 saturated heterocycles. The lowest BCUT2D eigenvalue weighted by Gasteiger charge is -2.31. The second-order valence-electron chi connectivity index (χ2n) is 9.92. The maximum absolute atomic E-state index is 14.2. The second-order valence-corrected chi connectivity index (χ2v) is 11.0. The van der Waals surface area contributed by atoms with Crippen LogP contribution >= 0.6 is 11.3 Å². The number of hydrogen-bond donors (Lipinski definition) is 1. The molecule has 2 aromatic carbocycles. The molecule has 0 saturated carbocycles. The van der Waals surface area contributed by atoms with Gasteiger partial charge in [0.05, 0.1) is 38.2 Å². The van der Waals surface area contributed by atoms with Gasteiger partial charge in [0.25, 0.3) is 0 Å². The standard InChI is InChI=1S/C31H33N3O3S/c1-4-20-11-13-21(14-12-20)29-26-9-7-17-33(26)30-24(23-8-5-6-10-28(23)38-30)19-34(29)31(35)32-25-18-22(36-2)15-16-27(25)37-3/h7,9,11-18,29H,4-6,8,10,19H2,1-3H3,(H,32,35)/t29-/m1/s1. The van der Waals surface area contributed by atoms with E-state index in [-0.39, 0.29) is 12.1 Å². The minimum absolute atomic E-state index is 0.169. The van der Waals surface area contributed by atoms with E-state index in [0.717, 1.165) is 30.5 Å². The van der Waals surface area contributed by atoms with Gasteiger partial charge in [-0.05, 0) is 73.1 Å². The quantitative estimate of drug-likeness (QED) is 0.300. The van der Waals surface area contributed by atoms with E-state index in [1.165, 1.54) is 39.4 Å². The van der Waals surface area contributed by atoms with Crippen molar-refractivity contribution < 1.29 is 14.3 Å². The van der Waals surface area contributed by atoms with Crippen molar-refractivity contribution in [3.8, 4) is 16.5 Å². The molecule has 0 radical (unpaired) electrons. The monoisotopic (exact) mass is 527 g/mol. The SMILES string of the molecule is CCc1ccc([C@@H]2c3cccn3-c3sc4c(c3CN2C(=O)Nc2cc(OC)ccc2OC)CCCC4)cc1. The average molecular weight is 528 g/mol. The minimum Gasteiger partial charge on any atom is -0.497 e. The molecule has 2 aliphatic rings. The average Bonchev–Trinajstić information content (AvgIpc) is 3.55. The molecule has 7 heteroatoms. The summed E-state index contributed by atoms with van der Waals surface area (Å²) in [5.74, 6) is 1.25. The molecule has 6 nitrogen and oxygen atoms in total. The largest absolute Gasteiger partial charge is 0.497 e. The first-order chi connectivity index (χ1) is 18.6. The van der Waals surface area contributed by atoms with Gasteiger partial charge in [0, 0.05) is 22.7 Å². The molecule has 0 fully saturated rings. The van der Waals surface area contributed by atoms with Crippen molar-refractivity contribution >= 4 is 23.1 Å². The molecule has 2 aromatic heterocycles. The zero-order valence-corrected chi connectivity index (χ0v) is 22.9. The first-order valence-electron chi connectivity index (χ1n) is 13.3. The lowest BCUT2D eigenvalue weighted by atomic mass is 9.95. The molecule has 0 spiro atoms. The van der Waals surface area contributed by atoms with E-state index in [4.69, 9.17) is 9.47 Å². The number of urea groups is 1. The van der Waals surface area contributed by atoms with Crippen molar-refractivity contribution in [2.24, 2.45) is 0 Å². The number of ether oxygens (including phenoxy) is 2. The number of nitrogens with one attached hydrogen (secondary N) is 1. The number of aromatic nitrogens is 1. The van der Waals surface area contributed by atoms with E-state index >= 15 is 0 Å². The van der Waals surface area contributed by atoms with Crippen LogP contribution in [0.5, 0.6) is 11.5 Å². The molecule has 196 valence electrons. The third kappa shape index (κ3) is 4.25. The van der Waals surface area contributed by atoms with E-state index in [1.54, 1.807) is 20.3 Å². The fourth-order valence-corrected chi connectivity index (χ4v) is 7.18. The molecule has 1 N–H and O–H groups in total. The number of hydrogen-bond acceptors (Lipinski definition) is 4. The van der Waals surface area contributed by atoms with Gasteiger partial charge >= 0.3 is 6.03 Å². The summed E-state index contributed by atoms with van der Waals surface area (Å²) in [5, 5.41) is 4.41. The second kappa shape index (κ2) is 10.2. The van der Waals surface area contributed by atoms with Crippen molar-refractivity contribution in [1.29, 1.82) is 0 Å². The van der Waals surface area contributed by atoms with Gasteiger partial charge in [-0.25, -0.2) is 4.79 Å². The molecular weight excluding hydrogens is 494 g/mol. The number of thiophene rings is 1. The van der Waals surface area contributed by atoms with E-state index in [1.807, 2.05) is 28.4 Å². The zero-order valence-electron chi connectivity index (χ0n) is 22.1. The van der Waals surface area contributed by atoms with Crippen LogP contribution in [-0.2, 0) is 25.8 Å². The van der Waals surface area contributed by atoms with Crippen molar-refractivity contribution in [2.75, 3.05) is 19.5 Å². The predicted octanol–water partition coefficient (Wildman–Crippen LogP) is 7.13. The number of aryl methyl sites for hydroxylation is 2. The lowest BCUT2D eigenvalue weighted by molar-refractivity contribution is 0.194. The molecule has 4 aromatic rings. The number of anilines is 1. The number of nitrogens with zero attached hydrogens (tertiary/aromatic N) is 2. The summed E-state index contributed by atoms with van der Waals surface area (Å²) < 4.78 is 13.3. The summed E-state index contributed by atoms with van der Waals surface area (Å²) in [6.07, 6.45) is 7.76. The highest BCUT2D eigenvalue weighted by molar-refractivity contribution is 7.15. The van der Waals surface area contributed by atoms with Crippen LogP contribution in [-0.4, -0.2) is 29.7 Å². The molecule has 0 unspecified atom stereocenters. The first kappa shape index (κ1) is 24.6. The van der Waals surface area contributed by atoms with E-state index in [2.05, 4.69) is 59.4 Å². The van der Waals surface area contributed by atoms with Crippen LogP contribution < -0.4 is 14.8 Å². The van der Waals surface area contributed by atoms with Gasteiger partial charge in [-0.15, -0.1) is 11.3 Å². The van der Waals surface area contributed by atoms with Crippen molar-refractivity contribution in [1.82, 2.24) is 9.47 Å². The normalized spacial score (nSPS) is 16.2. The Bertz CT molecular complexity index is 1470. The summed E-state index contributed by atoms with van der Waals surface area (Å²) in [6, 6.07) is 18.0. The van der Waals surface area contributed by atoms with Gasteiger partial charge in [-0.1, -0.05) is 31.2 Å². The third-order valence-electron chi connectivity index (χ3n) is 7.79. The third-order valence-corrected chi connectivity index (χ3v) is 9.13. The van der Waals surface area contributed by atoms with E-state index in [9.17, 15) is 4.79 Å². The van der Waals surface area contributed by atoms with Gasteiger partial charge < -0.3 is 24.3 Å². The molecular formula is C31H33N3O3S. The van der Waals surface area contributed by atoms with Gasteiger partial charge in [-0.2, -0.15) is 0 Å². The van der Waals surface area contributed by atoms with Crippen LogP contribution in [0.15, 0.2) is 60.8 Å². The molecule has 2 amide bonds. The lowest BCUT2D eigenvalue weighted by Crippen LogP contribution is -2.38. The smallest absolute Gasteiger partial charge is 0.323 e. The number of rotatable bonds is 5. The number of methoxy groups -OCH3 is 2. The van der Waals surface area contributed by atoms with Crippen LogP contribution in [0.25, 0.3) is 5.00 Å². The van der Waals surface area contributed by atoms with Crippen LogP contribution in [0, 0.1) is 0 Å². The Morgan fingerprint density at radius 2 is 1.84 bits per heavy atom. The number of benzene rings is 2. The Morgan fingerprint density at radius 3 is 2.61 bits per heavy atom. The van der Waals surface area contributed by atoms with Crippen LogP contribution in [0.3, 0.4) is 0 Å². The summed E-state index contributed by atoms with van der Waals surface area (Å²) in [4.78, 5) is 17.7. The number of carbonyl (C=O) groups is 1. The van der Waals surface area contributed by atoms with E-state index < -0.39 is 0 Å². The van der Waals surface area contributed by atoms with Gasteiger partial charge in [-0.3, -0.25) is 0 Å². The molecule has 3 heterocycles. The maximum atomic E-state index is 14.2. The zero-order chi connectivity index (χ0) is 26.2. The Hall–Kier alpha value is -3.71. The van der Waals surface area contributed by atoms with Gasteiger partial charge in [0.2, 0.25) is 0 Å². The molecule has 1 aliphatic heterocycles. The fraction of sp³-hybridized carbons (Fsp3) is 0.323. The highest BCUT2D eigenvalue weighted by atomic mass is 32.1. The van der Waals surface area contributed by atoms with Crippen molar-refractivity contribution in [3.05, 3.63) is 93.6 Å². The fourth-order valence-electron chi connectivity index (χ4n) is 5.77. The van der Waals surface area contributed by atoms with Gasteiger partial charge in [0.1, 0.15) is 16.5 Å². The molecule has 1 atom stereocenters. The highest BCUT2D eigenvalue weighted by Gasteiger charge is 2.36. The topological polar surface area (TPSA) is 55.7 Å². The summed E-state index contributed by atoms with van der Waals surface area (Å²) in [5.41, 5.74) is 6.78. The summed E-state index contributed by atoms with van der Waals surface area (Å²) in [7, 11) is 3.23. The number of fused-ring (bicyclic) bond motifs is 5. The van der Waals surface area contributed by atoms with Crippen molar-refractivity contribution in [3.63, 3.8) is 0 Å². The van der Waals surface area contributed by atoms with Crippen LogP contribution in [0.1, 0.15) is 58.6 Å². The number of carbonyl (C=O) groups excluding carboxylic acids is 1. The Balaban J connectivity index is 1.48. The molecule has 0 bridgehead atoms. The highest BCUT2D eigenvalue weighted by Crippen LogP contribution is 2.44. The Labute approximate surface area is 227 Å². The number of amides is 2. The minimum atomic E-state index is -0.244.